The van der Waals surface area contributed by atoms with Gasteiger partial charge in [0.25, 0.3) is 0 Å². The number of furan rings is 1. The lowest BCUT2D eigenvalue weighted by molar-refractivity contribution is 0.669. The molecular formula is C69H43NO. The minimum atomic E-state index is -0.530. The Bertz CT molecular complexity index is 4150. The van der Waals surface area contributed by atoms with Crippen molar-refractivity contribution in [1.29, 1.82) is 0 Å². The second-order valence-corrected chi connectivity index (χ2v) is 19.8. The second-order valence-electron chi connectivity index (χ2n) is 19.8. The summed E-state index contributed by atoms with van der Waals surface area (Å²) in [7, 11) is 0. The Hall–Kier alpha value is -8.98. The molecule has 1 heterocycles. The Balaban J connectivity index is 0.923. The molecule has 11 aromatic carbocycles. The summed E-state index contributed by atoms with van der Waals surface area (Å²) in [6.07, 6.45) is 0. The first-order valence-electron chi connectivity index (χ1n) is 24.9. The average Bonchev–Trinajstić information content (AvgIpc) is 4.21. The minimum absolute atomic E-state index is 0.453. The second kappa shape index (κ2) is 14.3. The van der Waals surface area contributed by atoms with E-state index in [1.165, 1.54) is 106 Å². The van der Waals surface area contributed by atoms with E-state index in [-0.39, 0.29) is 0 Å². The molecule has 0 bridgehead atoms. The molecule has 2 nitrogen and oxygen atoms in total. The Labute approximate surface area is 412 Å². The van der Waals surface area contributed by atoms with Gasteiger partial charge in [-0.2, -0.15) is 0 Å². The minimum Gasteiger partial charge on any atom is -0.455 e. The maximum absolute atomic E-state index is 6.86. The van der Waals surface area contributed by atoms with Crippen LogP contribution in [0.2, 0.25) is 0 Å². The van der Waals surface area contributed by atoms with E-state index in [2.05, 4.69) is 254 Å². The zero-order valence-corrected chi connectivity index (χ0v) is 38.7. The molecule has 1 unspecified atom stereocenters. The fourth-order valence-corrected chi connectivity index (χ4v) is 13.9. The SMILES string of the molecule is c1ccc(-c2ccc(N(Cc3cccc4c3-c3ccccc3C43c4ccccc4-c4c3ccc3c4oc4ccccc43)c3ccc4c(c3)C3(c5ccccc5-c5ccccc53)c3ccccc3-4)cc2)cc1. The summed E-state index contributed by atoms with van der Waals surface area (Å²) in [5, 5.41) is 2.31. The van der Waals surface area contributed by atoms with E-state index < -0.39 is 10.8 Å². The molecule has 0 amide bonds. The van der Waals surface area contributed by atoms with Crippen LogP contribution in [0.5, 0.6) is 0 Å². The zero-order chi connectivity index (χ0) is 46.4. The van der Waals surface area contributed by atoms with Gasteiger partial charge >= 0.3 is 0 Å². The van der Waals surface area contributed by atoms with Crippen LogP contribution in [0, 0.1) is 0 Å². The molecule has 0 radical (unpaired) electrons. The number of para-hydroxylation sites is 1. The topological polar surface area (TPSA) is 16.4 Å². The summed E-state index contributed by atoms with van der Waals surface area (Å²) in [5.41, 5.74) is 27.8. The van der Waals surface area contributed by atoms with Crippen molar-refractivity contribution in [2.75, 3.05) is 4.90 Å². The van der Waals surface area contributed by atoms with Crippen molar-refractivity contribution < 1.29 is 4.42 Å². The van der Waals surface area contributed by atoms with Crippen molar-refractivity contribution in [2.45, 2.75) is 17.4 Å². The fraction of sp³-hybridized carbons (Fsp3) is 0.0435. The van der Waals surface area contributed by atoms with Crippen molar-refractivity contribution in [1.82, 2.24) is 0 Å². The van der Waals surface area contributed by atoms with Crippen LogP contribution in [0.1, 0.15) is 50.1 Å². The molecule has 4 aliphatic carbocycles. The van der Waals surface area contributed by atoms with E-state index in [4.69, 9.17) is 4.42 Å². The number of hydrogen-bond acceptors (Lipinski definition) is 2. The average molecular weight is 902 g/mol. The molecule has 330 valence electrons. The number of fused-ring (bicyclic) bond motifs is 24. The van der Waals surface area contributed by atoms with E-state index >= 15 is 0 Å². The Kier molecular flexibility index (Phi) is 7.84. The van der Waals surface area contributed by atoms with Gasteiger partial charge in [0.1, 0.15) is 11.2 Å². The van der Waals surface area contributed by atoms with Crippen molar-refractivity contribution >= 4 is 33.3 Å². The summed E-state index contributed by atoms with van der Waals surface area (Å²) in [6.45, 7) is 0.654. The summed E-state index contributed by atoms with van der Waals surface area (Å²) in [5.74, 6) is 0. The predicted octanol–water partition coefficient (Wildman–Crippen LogP) is 17.3. The molecule has 1 atom stereocenters. The van der Waals surface area contributed by atoms with Crippen LogP contribution in [0.15, 0.2) is 253 Å². The van der Waals surface area contributed by atoms with Gasteiger partial charge in [-0.15, -0.1) is 0 Å². The molecule has 2 heteroatoms. The smallest absolute Gasteiger partial charge is 0.143 e. The monoisotopic (exact) mass is 901 g/mol. The first-order chi connectivity index (χ1) is 35.2. The molecule has 0 aliphatic heterocycles. The van der Waals surface area contributed by atoms with Crippen LogP contribution in [0.4, 0.5) is 11.4 Å². The normalized spacial score (nSPS) is 15.5. The van der Waals surface area contributed by atoms with E-state index in [9.17, 15) is 0 Å². The first kappa shape index (κ1) is 38.9. The summed E-state index contributed by atoms with van der Waals surface area (Å²) in [4.78, 5) is 2.57. The summed E-state index contributed by atoms with van der Waals surface area (Å²) >= 11 is 0. The van der Waals surface area contributed by atoms with Crippen LogP contribution >= 0.6 is 0 Å². The van der Waals surface area contributed by atoms with Crippen LogP contribution in [-0.2, 0) is 17.4 Å². The largest absolute Gasteiger partial charge is 0.455 e. The first-order valence-corrected chi connectivity index (χ1v) is 24.9. The highest BCUT2D eigenvalue weighted by Gasteiger charge is 2.54. The van der Waals surface area contributed by atoms with Crippen LogP contribution in [0.3, 0.4) is 0 Å². The van der Waals surface area contributed by atoms with Crippen molar-refractivity contribution in [3.63, 3.8) is 0 Å². The van der Waals surface area contributed by atoms with Gasteiger partial charge in [0.05, 0.1) is 10.8 Å². The van der Waals surface area contributed by atoms with E-state index in [0.29, 0.717) is 6.54 Å². The molecule has 0 saturated carbocycles. The van der Waals surface area contributed by atoms with Crippen LogP contribution < -0.4 is 4.90 Å². The van der Waals surface area contributed by atoms with Crippen molar-refractivity contribution in [3.05, 3.63) is 299 Å². The number of hydrogen-bond donors (Lipinski definition) is 0. The molecule has 2 spiro atoms. The van der Waals surface area contributed by atoms with Gasteiger partial charge in [-0.1, -0.05) is 218 Å². The van der Waals surface area contributed by atoms with E-state index in [1.807, 2.05) is 0 Å². The van der Waals surface area contributed by atoms with Gasteiger partial charge in [0.15, 0.2) is 0 Å². The highest BCUT2D eigenvalue weighted by molar-refractivity contribution is 6.13. The van der Waals surface area contributed by atoms with Gasteiger partial charge in [0, 0.05) is 34.3 Å². The quantitative estimate of drug-likeness (QED) is 0.171. The molecular weight excluding hydrogens is 859 g/mol. The highest BCUT2D eigenvalue weighted by atomic mass is 16.3. The third-order valence-electron chi connectivity index (χ3n) is 16.6. The van der Waals surface area contributed by atoms with Crippen LogP contribution in [0.25, 0.3) is 77.6 Å². The summed E-state index contributed by atoms with van der Waals surface area (Å²) < 4.78 is 6.86. The predicted molar refractivity (Wildman–Crippen MR) is 290 cm³/mol. The number of nitrogens with zero attached hydrogens (tertiary/aromatic N) is 1. The number of anilines is 2. The lowest BCUT2D eigenvalue weighted by atomic mass is 9.70. The van der Waals surface area contributed by atoms with Crippen LogP contribution in [-0.4, -0.2) is 0 Å². The Morgan fingerprint density at radius 3 is 1.45 bits per heavy atom. The van der Waals surface area contributed by atoms with Gasteiger partial charge < -0.3 is 9.32 Å². The van der Waals surface area contributed by atoms with Gasteiger partial charge in [-0.05, 0) is 130 Å². The standard InChI is InChI=1S/C69H43NO/c1-2-17-43(18-3-1)44-33-35-46(36-34-44)70(47-37-38-51-50-22-6-12-28-58(50)68(63(51)41-47)56-26-10-4-20-48(56)49-21-5-11-27-57(49)68)42-45-19-16-31-61-65(45)54-24-7-13-29-59(54)69(61)60-30-14-8-25-55(60)66-62(69)40-39-53-52-23-9-15-32-64(52)71-67(53)66/h1-41H,42H2. The number of benzene rings is 11. The number of rotatable bonds is 5. The Morgan fingerprint density at radius 2 is 0.789 bits per heavy atom. The van der Waals surface area contributed by atoms with Gasteiger partial charge in [-0.3, -0.25) is 0 Å². The van der Waals surface area contributed by atoms with Crippen molar-refractivity contribution in [2.24, 2.45) is 0 Å². The third kappa shape index (κ3) is 4.96. The molecule has 0 N–H and O–H groups in total. The maximum atomic E-state index is 6.86. The third-order valence-corrected chi connectivity index (χ3v) is 16.6. The van der Waals surface area contributed by atoms with Gasteiger partial charge in [0.2, 0.25) is 0 Å². The van der Waals surface area contributed by atoms with Gasteiger partial charge in [-0.25, -0.2) is 0 Å². The Morgan fingerprint density at radius 1 is 0.310 bits per heavy atom. The van der Waals surface area contributed by atoms with E-state index in [1.54, 1.807) is 0 Å². The maximum Gasteiger partial charge on any atom is 0.143 e. The highest BCUT2D eigenvalue weighted by Crippen LogP contribution is 2.66. The molecule has 1 aromatic heterocycles. The fourth-order valence-electron chi connectivity index (χ4n) is 13.9. The zero-order valence-electron chi connectivity index (χ0n) is 38.7. The molecule has 4 aliphatic rings. The summed E-state index contributed by atoms with van der Waals surface area (Å²) in [6, 6.07) is 93.0. The lowest BCUT2D eigenvalue weighted by Crippen LogP contribution is -2.26. The van der Waals surface area contributed by atoms with Crippen molar-refractivity contribution in [3.8, 4) is 55.6 Å². The molecule has 12 aromatic rings. The van der Waals surface area contributed by atoms with E-state index in [0.717, 1.165) is 33.3 Å². The molecule has 0 fully saturated rings. The molecule has 0 saturated heterocycles. The molecule has 71 heavy (non-hydrogen) atoms. The lowest BCUT2D eigenvalue weighted by Gasteiger charge is -2.32. The molecule has 16 rings (SSSR count).